The van der Waals surface area contributed by atoms with Crippen LogP contribution in [-0.2, 0) is 0 Å². The van der Waals surface area contributed by atoms with Crippen molar-refractivity contribution in [1.82, 2.24) is 9.55 Å². The number of carbonyl (C=O) groups excluding carboxylic acids is 1. The van der Waals surface area contributed by atoms with Crippen LogP contribution in [0.3, 0.4) is 0 Å². The maximum atomic E-state index is 11.1. The summed E-state index contributed by atoms with van der Waals surface area (Å²) in [5, 5.41) is 0. The van der Waals surface area contributed by atoms with Crippen molar-refractivity contribution in [3.05, 3.63) is 54.4 Å². The van der Waals surface area contributed by atoms with Gasteiger partial charge in [0, 0.05) is 5.56 Å². The number of hydrogen-bond acceptors (Lipinski definition) is 3. The molecule has 4 N–H and O–H groups in total. The first kappa shape index (κ1) is 11.3. The second kappa shape index (κ2) is 4.13. The number of aromatic nitrogens is 2. The molecule has 2 aromatic carbocycles. The molecule has 0 atom stereocenters. The number of nitrogens with two attached hydrogens (primary N) is 2. The van der Waals surface area contributed by atoms with Crippen LogP contribution in [0.5, 0.6) is 0 Å². The highest BCUT2D eigenvalue weighted by Crippen LogP contribution is 2.23. The molecule has 0 aliphatic rings. The molecule has 0 fully saturated rings. The summed E-state index contributed by atoms with van der Waals surface area (Å²) in [6.45, 7) is 0. The van der Waals surface area contributed by atoms with E-state index in [0.29, 0.717) is 11.3 Å². The molecule has 0 unspecified atom stereocenters. The number of nitrogens with zero attached hydrogens (tertiary/aromatic N) is 2. The second-order valence-corrected chi connectivity index (χ2v) is 4.24. The Balaban J connectivity index is 2.19. The number of nitrogen functional groups attached to an aromatic ring is 1. The second-order valence-electron chi connectivity index (χ2n) is 4.24. The zero-order valence-corrected chi connectivity index (χ0v) is 10.1. The zero-order valence-electron chi connectivity index (χ0n) is 10.1. The molecule has 1 amide bonds. The smallest absolute Gasteiger partial charge is 0.248 e. The van der Waals surface area contributed by atoms with E-state index in [1.165, 1.54) is 0 Å². The lowest BCUT2D eigenvalue weighted by molar-refractivity contribution is 0.100. The van der Waals surface area contributed by atoms with Gasteiger partial charge in [0.25, 0.3) is 0 Å². The Labute approximate surface area is 109 Å². The lowest BCUT2D eigenvalue weighted by atomic mass is 10.1. The predicted octanol–water partition coefficient (Wildman–Crippen LogP) is 1.71. The van der Waals surface area contributed by atoms with E-state index >= 15 is 0 Å². The normalized spacial score (nSPS) is 10.7. The summed E-state index contributed by atoms with van der Waals surface area (Å²) in [6, 6.07) is 12.8. The molecule has 5 nitrogen and oxygen atoms in total. The lowest BCUT2D eigenvalue weighted by Gasteiger charge is -2.08. The molecular weight excluding hydrogens is 240 g/mol. The number of para-hydroxylation sites is 2. The van der Waals surface area contributed by atoms with Crippen LogP contribution in [0.1, 0.15) is 10.4 Å². The molecule has 0 spiro atoms. The number of fused-ring (bicyclic) bond motifs is 1. The van der Waals surface area contributed by atoms with Crippen LogP contribution in [0.4, 0.5) is 5.69 Å². The van der Waals surface area contributed by atoms with Crippen molar-refractivity contribution in [2.75, 3.05) is 5.73 Å². The number of primary amides is 1. The zero-order chi connectivity index (χ0) is 13.4. The highest BCUT2D eigenvalue weighted by molar-refractivity contribution is 5.94. The fourth-order valence-electron chi connectivity index (χ4n) is 2.08. The first-order valence-corrected chi connectivity index (χ1v) is 5.78. The quantitative estimate of drug-likeness (QED) is 0.680. The lowest BCUT2D eigenvalue weighted by Crippen LogP contribution is -2.12. The van der Waals surface area contributed by atoms with Gasteiger partial charge in [-0.15, -0.1) is 0 Å². The summed E-state index contributed by atoms with van der Waals surface area (Å²) in [7, 11) is 0. The minimum absolute atomic E-state index is 0.394. The number of anilines is 1. The van der Waals surface area contributed by atoms with E-state index < -0.39 is 5.91 Å². The Morgan fingerprint density at radius 3 is 2.68 bits per heavy atom. The number of hydrogen-bond donors (Lipinski definition) is 2. The SMILES string of the molecule is NC(=O)c1ccc(-n2cnc3ccccc32)c(N)c1. The average molecular weight is 252 g/mol. The van der Waals surface area contributed by atoms with E-state index in [0.717, 1.165) is 16.7 Å². The fraction of sp³-hybridized carbons (Fsp3) is 0. The Hall–Kier alpha value is -2.82. The monoisotopic (exact) mass is 252 g/mol. The number of imidazole rings is 1. The van der Waals surface area contributed by atoms with Crippen molar-refractivity contribution in [2.24, 2.45) is 5.73 Å². The molecule has 0 saturated heterocycles. The molecule has 0 aliphatic heterocycles. The van der Waals surface area contributed by atoms with Crippen LogP contribution >= 0.6 is 0 Å². The Morgan fingerprint density at radius 1 is 1.16 bits per heavy atom. The summed E-state index contributed by atoms with van der Waals surface area (Å²) < 4.78 is 1.88. The van der Waals surface area contributed by atoms with Crippen LogP contribution in [0.15, 0.2) is 48.8 Å². The van der Waals surface area contributed by atoms with Gasteiger partial charge in [0.15, 0.2) is 0 Å². The van der Waals surface area contributed by atoms with Gasteiger partial charge in [-0.05, 0) is 30.3 Å². The summed E-state index contributed by atoms with van der Waals surface area (Å²) in [5.41, 5.74) is 14.7. The van der Waals surface area contributed by atoms with Crippen molar-refractivity contribution >= 4 is 22.6 Å². The van der Waals surface area contributed by atoms with E-state index in [1.54, 1.807) is 24.5 Å². The minimum atomic E-state index is -0.492. The maximum Gasteiger partial charge on any atom is 0.248 e. The molecule has 1 aromatic heterocycles. The third kappa shape index (κ3) is 1.81. The maximum absolute atomic E-state index is 11.1. The summed E-state index contributed by atoms with van der Waals surface area (Å²) >= 11 is 0. The largest absolute Gasteiger partial charge is 0.397 e. The molecule has 94 valence electrons. The van der Waals surface area contributed by atoms with Crippen molar-refractivity contribution in [2.45, 2.75) is 0 Å². The number of benzene rings is 2. The predicted molar refractivity (Wildman–Crippen MR) is 74.0 cm³/mol. The molecule has 19 heavy (non-hydrogen) atoms. The fourth-order valence-corrected chi connectivity index (χ4v) is 2.08. The van der Waals surface area contributed by atoms with E-state index in [2.05, 4.69) is 4.98 Å². The molecule has 5 heteroatoms. The minimum Gasteiger partial charge on any atom is -0.397 e. The average Bonchev–Trinajstić information content (AvgIpc) is 2.82. The van der Waals surface area contributed by atoms with Gasteiger partial charge >= 0.3 is 0 Å². The molecule has 0 saturated carbocycles. The van der Waals surface area contributed by atoms with Crippen molar-refractivity contribution in [3.63, 3.8) is 0 Å². The highest BCUT2D eigenvalue weighted by Gasteiger charge is 2.09. The van der Waals surface area contributed by atoms with Gasteiger partial charge in [-0.1, -0.05) is 12.1 Å². The van der Waals surface area contributed by atoms with E-state index in [-0.39, 0.29) is 0 Å². The standard InChI is InChI=1S/C14H12N4O/c15-10-7-9(14(16)19)5-6-12(10)18-8-17-11-3-1-2-4-13(11)18/h1-8H,15H2,(H2,16,19). The first-order valence-electron chi connectivity index (χ1n) is 5.78. The Bertz CT molecular complexity index is 776. The Morgan fingerprint density at radius 2 is 1.95 bits per heavy atom. The van der Waals surface area contributed by atoms with Gasteiger partial charge < -0.3 is 11.5 Å². The molecule has 3 aromatic rings. The summed E-state index contributed by atoms with van der Waals surface area (Å²) in [6.07, 6.45) is 1.71. The van der Waals surface area contributed by atoms with Gasteiger partial charge in [0.05, 0.1) is 22.4 Å². The first-order chi connectivity index (χ1) is 9.16. The van der Waals surface area contributed by atoms with Gasteiger partial charge in [-0.2, -0.15) is 0 Å². The number of rotatable bonds is 2. The van der Waals surface area contributed by atoms with Gasteiger partial charge in [-0.25, -0.2) is 4.98 Å². The van der Waals surface area contributed by atoms with Gasteiger partial charge in [-0.3, -0.25) is 9.36 Å². The summed E-state index contributed by atoms with van der Waals surface area (Å²) in [5.74, 6) is -0.492. The third-order valence-electron chi connectivity index (χ3n) is 3.03. The van der Waals surface area contributed by atoms with Crippen LogP contribution in [-0.4, -0.2) is 15.5 Å². The highest BCUT2D eigenvalue weighted by atomic mass is 16.1. The van der Waals surface area contributed by atoms with Gasteiger partial charge in [0.1, 0.15) is 6.33 Å². The number of amides is 1. The van der Waals surface area contributed by atoms with Crippen molar-refractivity contribution < 1.29 is 4.79 Å². The third-order valence-corrected chi connectivity index (χ3v) is 3.03. The summed E-state index contributed by atoms with van der Waals surface area (Å²) in [4.78, 5) is 15.4. The molecule has 3 rings (SSSR count). The van der Waals surface area contributed by atoms with Crippen LogP contribution in [0.2, 0.25) is 0 Å². The van der Waals surface area contributed by atoms with Gasteiger partial charge in [0.2, 0.25) is 5.91 Å². The molecular formula is C14H12N4O. The van der Waals surface area contributed by atoms with Crippen LogP contribution < -0.4 is 11.5 Å². The van der Waals surface area contributed by atoms with Crippen molar-refractivity contribution in [3.8, 4) is 5.69 Å². The van der Waals surface area contributed by atoms with Crippen molar-refractivity contribution in [1.29, 1.82) is 0 Å². The molecule has 0 radical (unpaired) electrons. The Kier molecular flexibility index (Phi) is 2.45. The van der Waals surface area contributed by atoms with E-state index in [1.807, 2.05) is 28.8 Å². The molecule has 0 aliphatic carbocycles. The molecule has 0 bridgehead atoms. The van der Waals surface area contributed by atoms with E-state index in [9.17, 15) is 4.79 Å². The number of carbonyl (C=O) groups is 1. The van der Waals surface area contributed by atoms with Crippen LogP contribution in [0.25, 0.3) is 16.7 Å². The molecule has 1 heterocycles. The van der Waals surface area contributed by atoms with E-state index in [4.69, 9.17) is 11.5 Å². The van der Waals surface area contributed by atoms with Crippen LogP contribution in [0, 0.1) is 0 Å². The topological polar surface area (TPSA) is 86.9 Å².